The second kappa shape index (κ2) is 8.46. The van der Waals surface area contributed by atoms with Crippen LogP contribution in [0.25, 0.3) is 10.8 Å². The number of benzene rings is 2. The van der Waals surface area contributed by atoms with Gasteiger partial charge in [0.05, 0.1) is 25.7 Å². The number of sulfonamides is 1. The molecule has 2 aromatic carbocycles. The Hall–Kier alpha value is -3.28. The molecule has 0 radical (unpaired) electrons. The summed E-state index contributed by atoms with van der Waals surface area (Å²) in [5.41, 5.74) is -0.145. The molecule has 0 aliphatic carbocycles. The quantitative estimate of drug-likeness (QED) is 0.605. The van der Waals surface area contributed by atoms with Crippen molar-refractivity contribution in [3.63, 3.8) is 0 Å². The Labute approximate surface area is 177 Å². The van der Waals surface area contributed by atoms with Crippen molar-refractivity contribution in [3.05, 3.63) is 58.5 Å². The van der Waals surface area contributed by atoms with Crippen molar-refractivity contribution in [3.8, 4) is 5.75 Å². The largest absolute Gasteiger partial charge is 0.495 e. The highest BCUT2D eigenvalue weighted by molar-refractivity contribution is 7.89. The SMILES string of the molecule is COc1ccc(NC(=O)c2n[nH]c(=O)c3ccccc23)cc1S(=O)(=O)N1CCOCC1. The summed E-state index contributed by atoms with van der Waals surface area (Å²) in [6.45, 7) is 1.08. The molecule has 10 nitrogen and oxygen atoms in total. The number of morpholine rings is 1. The first kappa shape index (κ1) is 21.0. The number of H-pyrrole nitrogens is 1. The maximum atomic E-state index is 13.1. The summed E-state index contributed by atoms with van der Waals surface area (Å²) >= 11 is 0. The molecule has 2 heterocycles. The van der Waals surface area contributed by atoms with Gasteiger partial charge in [0.2, 0.25) is 10.0 Å². The van der Waals surface area contributed by atoms with Crippen molar-refractivity contribution in [1.82, 2.24) is 14.5 Å². The number of nitrogens with zero attached hydrogens (tertiary/aromatic N) is 2. The van der Waals surface area contributed by atoms with Gasteiger partial charge in [0.1, 0.15) is 10.6 Å². The molecule has 0 unspecified atom stereocenters. The molecule has 0 atom stereocenters. The first-order valence-electron chi connectivity index (χ1n) is 9.46. The van der Waals surface area contributed by atoms with Crippen molar-refractivity contribution in [2.45, 2.75) is 4.90 Å². The molecule has 1 saturated heterocycles. The molecule has 162 valence electrons. The molecule has 31 heavy (non-hydrogen) atoms. The fourth-order valence-electron chi connectivity index (χ4n) is 3.36. The van der Waals surface area contributed by atoms with Gasteiger partial charge in [-0.1, -0.05) is 18.2 Å². The number of carbonyl (C=O) groups is 1. The second-order valence-corrected chi connectivity index (χ2v) is 8.69. The van der Waals surface area contributed by atoms with E-state index in [1.54, 1.807) is 24.3 Å². The van der Waals surface area contributed by atoms with Crippen LogP contribution in [0.5, 0.6) is 5.75 Å². The van der Waals surface area contributed by atoms with E-state index < -0.39 is 21.5 Å². The lowest BCUT2D eigenvalue weighted by Gasteiger charge is -2.26. The number of fused-ring (bicyclic) bond motifs is 1. The third kappa shape index (κ3) is 4.02. The predicted octanol–water partition coefficient (Wildman–Crippen LogP) is 1.20. The number of rotatable bonds is 5. The standard InChI is InChI=1S/C20H20N4O6S/c1-29-16-7-6-13(12-17(16)31(27,28)24-8-10-30-11-9-24)21-20(26)18-14-4-2-3-5-15(14)19(25)23-22-18/h2-7,12H,8-11H2,1H3,(H,21,26)(H,23,25). The number of amides is 1. The van der Waals surface area contributed by atoms with Gasteiger partial charge in [0.15, 0.2) is 5.69 Å². The van der Waals surface area contributed by atoms with Gasteiger partial charge in [-0.3, -0.25) is 9.59 Å². The molecule has 3 aromatic rings. The first-order chi connectivity index (χ1) is 14.9. The zero-order valence-corrected chi connectivity index (χ0v) is 17.4. The van der Waals surface area contributed by atoms with Gasteiger partial charge in [-0.2, -0.15) is 9.40 Å². The number of aromatic nitrogens is 2. The Morgan fingerprint density at radius 2 is 1.87 bits per heavy atom. The van der Waals surface area contributed by atoms with Gasteiger partial charge < -0.3 is 14.8 Å². The average molecular weight is 444 g/mol. The van der Waals surface area contributed by atoms with Gasteiger partial charge in [-0.05, 0) is 24.3 Å². The molecule has 0 bridgehead atoms. The van der Waals surface area contributed by atoms with Crippen molar-refractivity contribution in [2.24, 2.45) is 0 Å². The molecule has 1 aliphatic rings. The van der Waals surface area contributed by atoms with Gasteiger partial charge in [0.25, 0.3) is 11.5 Å². The number of hydrogen-bond donors (Lipinski definition) is 2. The lowest BCUT2D eigenvalue weighted by atomic mass is 10.1. The number of carbonyl (C=O) groups excluding carboxylic acids is 1. The van der Waals surface area contributed by atoms with Gasteiger partial charge in [-0.25, -0.2) is 13.5 Å². The topological polar surface area (TPSA) is 131 Å². The normalized spacial score (nSPS) is 15.0. The molecule has 0 saturated carbocycles. The Morgan fingerprint density at radius 3 is 2.58 bits per heavy atom. The van der Waals surface area contributed by atoms with Crippen LogP contribution in [-0.2, 0) is 14.8 Å². The molecular formula is C20H20N4O6S. The highest BCUT2D eigenvalue weighted by Gasteiger charge is 2.29. The van der Waals surface area contributed by atoms with E-state index in [0.717, 1.165) is 0 Å². The molecule has 4 rings (SSSR count). The van der Waals surface area contributed by atoms with Crippen molar-refractivity contribution < 1.29 is 22.7 Å². The van der Waals surface area contributed by atoms with Crippen LogP contribution in [0.15, 0.2) is 52.2 Å². The van der Waals surface area contributed by atoms with E-state index in [9.17, 15) is 18.0 Å². The van der Waals surface area contributed by atoms with E-state index >= 15 is 0 Å². The van der Waals surface area contributed by atoms with Gasteiger partial charge in [0, 0.05) is 24.2 Å². The van der Waals surface area contributed by atoms with Crippen molar-refractivity contribution >= 4 is 32.4 Å². The maximum absolute atomic E-state index is 13.1. The fourth-order valence-corrected chi connectivity index (χ4v) is 4.95. The van der Waals surface area contributed by atoms with Crippen LogP contribution in [-0.4, -0.2) is 62.2 Å². The number of methoxy groups -OCH3 is 1. The van der Waals surface area contributed by atoms with E-state index in [2.05, 4.69) is 15.5 Å². The minimum absolute atomic E-state index is 0.0172. The molecule has 2 N–H and O–H groups in total. The molecule has 1 aromatic heterocycles. The summed E-state index contributed by atoms with van der Waals surface area (Å²) in [6.07, 6.45) is 0. The average Bonchev–Trinajstić information content (AvgIpc) is 2.80. The fraction of sp³-hybridized carbons (Fsp3) is 0.250. The first-order valence-corrected chi connectivity index (χ1v) is 10.9. The summed E-state index contributed by atoms with van der Waals surface area (Å²) in [5, 5.41) is 9.54. The Balaban J connectivity index is 1.69. The van der Waals surface area contributed by atoms with E-state index in [0.29, 0.717) is 24.0 Å². The lowest BCUT2D eigenvalue weighted by molar-refractivity contribution is 0.0729. The van der Waals surface area contributed by atoms with Crippen LogP contribution in [0.1, 0.15) is 10.5 Å². The van der Waals surface area contributed by atoms with Crippen LogP contribution >= 0.6 is 0 Å². The van der Waals surface area contributed by atoms with Gasteiger partial charge in [-0.15, -0.1) is 0 Å². The molecule has 1 amide bonds. The Kier molecular flexibility index (Phi) is 5.72. The number of aromatic amines is 1. The zero-order valence-electron chi connectivity index (χ0n) is 16.6. The summed E-state index contributed by atoms with van der Waals surface area (Å²) < 4.78 is 38.0. The monoisotopic (exact) mass is 444 g/mol. The number of ether oxygens (including phenoxy) is 2. The lowest BCUT2D eigenvalue weighted by Crippen LogP contribution is -2.40. The highest BCUT2D eigenvalue weighted by Crippen LogP contribution is 2.30. The minimum Gasteiger partial charge on any atom is -0.495 e. The molecule has 0 spiro atoms. The molecule has 11 heteroatoms. The predicted molar refractivity (Wildman–Crippen MR) is 113 cm³/mol. The Morgan fingerprint density at radius 1 is 1.16 bits per heavy atom. The van der Waals surface area contributed by atoms with Crippen LogP contribution in [0, 0.1) is 0 Å². The summed E-state index contributed by atoms with van der Waals surface area (Å²) in [7, 11) is -2.48. The highest BCUT2D eigenvalue weighted by atomic mass is 32.2. The summed E-state index contributed by atoms with van der Waals surface area (Å²) in [4.78, 5) is 24.7. The van der Waals surface area contributed by atoms with E-state index in [1.807, 2.05) is 0 Å². The molecule has 1 aliphatic heterocycles. The summed E-state index contributed by atoms with van der Waals surface area (Å²) in [5.74, 6) is -0.426. The molecular weight excluding hydrogens is 424 g/mol. The number of nitrogens with one attached hydrogen (secondary N) is 2. The van der Waals surface area contributed by atoms with E-state index in [-0.39, 0.29) is 35.1 Å². The minimum atomic E-state index is -3.85. The maximum Gasteiger partial charge on any atom is 0.276 e. The van der Waals surface area contributed by atoms with Crippen LogP contribution < -0.4 is 15.6 Å². The Bertz CT molecular complexity index is 1300. The number of anilines is 1. The third-order valence-electron chi connectivity index (χ3n) is 4.92. The van der Waals surface area contributed by atoms with E-state index in [1.165, 1.54) is 29.6 Å². The van der Waals surface area contributed by atoms with E-state index in [4.69, 9.17) is 9.47 Å². The number of hydrogen-bond acceptors (Lipinski definition) is 7. The van der Waals surface area contributed by atoms with Crippen molar-refractivity contribution in [2.75, 3.05) is 38.7 Å². The van der Waals surface area contributed by atoms with Gasteiger partial charge >= 0.3 is 0 Å². The van der Waals surface area contributed by atoms with Crippen LogP contribution in [0.3, 0.4) is 0 Å². The van der Waals surface area contributed by atoms with Crippen molar-refractivity contribution in [1.29, 1.82) is 0 Å². The zero-order chi connectivity index (χ0) is 22.0. The summed E-state index contributed by atoms with van der Waals surface area (Å²) in [6, 6.07) is 10.9. The van der Waals surface area contributed by atoms with Crippen LogP contribution in [0.2, 0.25) is 0 Å². The van der Waals surface area contributed by atoms with Crippen LogP contribution in [0.4, 0.5) is 5.69 Å². The molecule has 1 fully saturated rings. The smallest absolute Gasteiger partial charge is 0.276 e. The second-order valence-electron chi connectivity index (χ2n) is 6.78. The third-order valence-corrected chi connectivity index (χ3v) is 6.84.